The van der Waals surface area contributed by atoms with Gasteiger partial charge in [-0.05, 0) is 42.2 Å². The third-order valence-corrected chi connectivity index (χ3v) is 7.02. The standard InChI is InChI=1S/C24H27N5O2S2/c1-15(2)20-9-8-16(3)10-21(20)31-12-22-27-28-24(29(22)25)33-14-18-13-32-23(26-18)17-6-5-7-19(11-17)30-4/h5-11,13,15H,12,14,25H2,1-4H3. The lowest BCUT2D eigenvalue weighted by Gasteiger charge is -2.14. The number of nitrogens with zero attached hydrogens (tertiary/aromatic N) is 4. The minimum atomic E-state index is 0.254. The highest BCUT2D eigenvalue weighted by molar-refractivity contribution is 7.98. The van der Waals surface area contributed by atoms with Crippen molar-refractivity contribution in [1.29, 1.82) is 0 Å². The van der Waals surface area contributed by atoms with Gasteiger partial charge in [-0.3, -0.25) is 0 Å². The lowest BCUT2D eigenvalue weighted by molar-refractivity contribution is 0.287. The van der Waals surface area contributed by atoms with Crippen LogP contribution in [0.4, 0.5) is 0 Å². The summed E-state index contributed by atoms with van der Waals surface area (Å²) in [4.78, 5) is 4.74. The number of aromatic nitrogens is 4. The maximum atomic E-state index is 6.25. The fourth-order valence-corrected chi connectivity index (χ4v) is 4.98. The summed E-state index contributed by atoms with van der Waals surface area (Å²) in [6, 6.07) is 14.1. The third kappa shape index (κ3) is 5.48. The van der Waals surface area contributed by atoms with E-state index in [-0.39, 0.29) is 6.61 Å². The fraction of sp³-hybridized carbons (Fsp3) is 0.292. The monoisotopic (exact) mass is 481 g/mol. The van der Waals surface area contributed by atoms with Crippen molar-refractivity contribution in [3.8, 4) is 22.1 Å². The number of aryl methyl sites for hydroxylation is 1. The molecule has 0 unspecified atom stereocenters. The molecule has 0 atom stereocenters. The van der Waals surface area contributed by atoms with Crippen molar-refractivity contribution in [2.45, 2.75) is 44.2 Å². The van der Waals surface area contributed by atoms with Crippen LogP contribution in [0.25, 0.3) is 10.6 Å². The molecule has 9 heteroatoms. The highest BCUT2D eigenvalue weighted by Crippen LogP contribution is 2.30. The van der Waals surface area contributed by atoms with Crippen LogP contribution < -0.4 is 15.3 Å². The van der Waals surface area contributed by atoms with Gasteiger partial charge in [0.15, 0.2) is 5.82 Å². The third-order valence-electron chi connectivity index (χ3n) is 5.10. The molecular formula is C24H27N5O2S2. The molecular weight excluding hydrogens is 454 g/mol. The summed E-state index contributed by atoms with van der Waals surface area (Å²) in [7, 11) is 1.66. The van der Waals surface area contributed by atoms with Gasteiger partial charge in [-0.15, -0.1) is 21.5 Å². The van der Waals surface area contributed by atoms with Crippen molar-refractivity contribution in [3.05, 3.63) is 70.5 Å². The number of hydrogen-bond donors (Lipinski definition) is 1. The molecule has 4 aromatic rings. The van der Waals surface area contributed by atoms with E-state index in [2.05, 4.69) is 43.1 Å². The maximum absolute atomic E-state index is 6.25. The first-order chi connectivity index (χ1) is 15.9. The molecule has 0 saturated carbocycles. The van der Waals surface area contributed by atoms with E-state index in [1.807, 2.05) is 35.7 Å². The number of thioether (sulfide) groups is 1. The summed E-state index contributed by atoms with van der Waals surface area (Å²) < 4.78 is 12.9. The van der Waals surface area contributed by atoms with E-state index in [1.54, 1.807) is 18.4 Å². The summed E-state index contributed by atoms with van der Waals surface area (Å²) in [5, 5.41) is 12.1. The molecule has 0 fully saturated rings. The summed E-state index contributed by atoms with van der Waals surface area (Å²) in [5.74, 6) is 9.50. The van der Waals surface area contributed by atoms with Gasteiger partial charge in [0.25, 0.3) is 0 Å². The second kappa shape index (κ2) is 10.3. The van der Waals surface area contributed by atoms with E-state index >= 15 is 0 Å². The first kappa shape index (κ1) is 23.1. The Bertz CT molecular complexity index is 1240. The predicted octanol–water partition coefficient (Wildman–Crippen LogP) is 5.43. The first-order valence-electron chi connectivity index (χ1n) is 10.6. The fourth-order valence-electron chi connectivity index (χ4n) is 3.29. The number of rotatable bonds is 9. The molecule has 0 bridgehead atoms. The van der Waals surface area contributed by atoms with E-state index < -0.39 is 0 Å². The number of hydrogen-bond acceptors (Lipinski definition) is 8. The summed E-state index contributed by atoms with van der Waals surface area (Å²) in [6.07, 6.45) is 0. The van der Waals surface area contributed by atoms with Gasteiger partial charge in [0.1, 0.15) is 23.1 Å². The van der Waals surface area contributed by atoms with Crippen molar-refractivity contribution >= 4 is 23.1 Å². The Hall–Kier alpha value is -3.04. The van der Waals surface area contributed by atoms with E-state index in [4.69, 9.17) is 20.3 Å². The maximum Gasteiger partial charge on any atom is 0.210 e. The quantitative estimate of drug-likeness (QED) is 0.252. The molecule has 0 amide bonds. The molecule has 2 heterocycles. The summed E-state index contributed by atoms with van der Waals surface area (Å²) in [5.41, 5.74) is 4.31. The van der Waals surface area contributed by atoms with Crippen molar-refractivity contribution in [2.24, 2.45) is 0 Å². The minimum Gasteiger partial charge on any atom is -0.497 e. The van der Waals surface area contributed by atoms with E-state index in [0.717, 1.165) is 38.9 Å². The van der Waals surface area contributed by atoms with Crippen LogP contribution in [0.1, 0.15) is 42.4 Å². The second-order valence-corrected chi connectivity index (χ2v) is 9.72. The van der Waals surface area contributed by atoms with Gasteiger partial charge in [0, 0.05) is 16.7 Å². The average Bonchev–Trinajstić information content (AvgIpc) is 3.43. The van der Waals surface area contributed by atoms with Gasteiger partial charge in [-0.25, -0.2) is 9.66 Å². The van der Waals surface area contributed by atoms with Gasteiger partial charge >= 0.3 is 0 Å². The molecule has 2 aromatic heterocycles. The number of nitrogens with two attached hydrogens (primary N) is 1. The zero-order valence-corrected chi connectivity index (χ0v) is 20.7. The SMILES string of the molecule is COc1cccc(-c2nc(CSc3nnc(COc4cc(C)ccc4C(C)C)n3N)cs2)c1. The normalized spacial score (nSPS) is 11.2. The molecule has 0 aliphatic carbocycles. The van der Waals surface area contributed by atoms with Crippen LogP contribution in [0.15, 0.2) is 53.0 Å². The zero-order valence-electron chi connectivity index (χ0n) is 19.1. The van der Waals surface area contributed by atoms with Crippen LogP contribution >= 0.6 is 23.1 Å². The Morgan fingerprint density at radius 2 is 2.00 bits per heavy atom. The van der Waals surface area contributed by atoms with Crippen molar-refractivity contribution in [2.75, 3.05) is 13.0 Å². The highest BCUT2D eigenvalue weighted by atomic mass is 32.2. The van der Waals surface area contributed by atoms with E-state index in [9.17, 15) is 0 Å². The van der Waals surface area contributed by atoms with Gasteiger partial charge < -0.3 is 15.3 Å². The number of thiazole rings is 1. The van der Waals surface area contributed by atoms with Crippen LogP contribution in [0, 0.1) is 6.92 Å². The lowest BCUT2D eigenvalue weighted by atomic mass is 10.0. The smallest absolute Gasteiger partial charge is 0.210 e. The molecule has 2 aromatic carbocycles. The Morgan fingerprint density at radius 3 is 2.79 bits per heavy atom. The van der Waals surface area contributed by atoms with E-state index in [1.165, 1.54) is 16.4 Å². The number of methoxy groups -OCH3 is 1. The minimum absolute atomic E-state index is 0.254. The Balaban J connectivity index is 1.39. The van der Waals surface area contributed by atoms with Crippen molar-refractivity contribution < 1.29 is 9.47 Å². The second-order valence-electron chi connectivity index (χ2n) is 7.92. The van der Waals surface area contributed by atoms with Crippen LogP contribution in [0.5, 0.6) is 11.5 Å². The molecule has 172 valence electrons. The predicted molar refractivity (Wildman–Crippen MR) is 133 cm³/mol. The molecule has 4 rings (SSSR count). The molecule has 0 aliphatic heterocycles. The van der Waals surface area contributed by atoms with Crippen LogP contribution in [0.2, 0.25) is 0 Å². The van der Waals surface area contributed by atoms with Crippen molar-refractivity contribution in [1.82, 2.24) is 19.9 Å². The van der Waals surface area contributed by atoms with Gasteiger partial charge in [0.2, 0.25) is 5.16 Å². The topological polar surface area (TPSA) is 88.1 Å². The largest absolute Gasteiger partial charge is 0.497 e. The van der Waals surface area contributed by atoms with Crippen molar-refractivity contribution in [3.63, 3.8) is 0 Å². The molecule has 0 saturated heterocycles. The first-order valence-corrected chi connectivity index (χ1v) is 12.5. The Kier molecular flexibility index (Phi) is 7.20. The number of ether oxygens (including phenoxy) is 2. The molecule has 0 aliphatic rings. The molecule has 7 nitrogen and oxygen atoms in total. The Labute approximate surface area is 202 Å². The average molecular weight is 482 g/mol. The van der Waals surface area contributed by atoms with Crippen LogP contribution in [-0.4, -0.2) is 27.0 Å². The Morgan fingerprint density at radius 1 is 1.15 bits per heavy atom. The van der Waals surface area contributed by atoms with Gasteiger partial charge in [0.05, 0.1) is 12.8 Å². The molecule has 0 spiro atoms. The molecule has 0 radical (unpaired) electrons. The highest BCUT2D eigenvalue weighted by Gasteiger charge is 2.14. The van der Waals surface area contributed by atoms with Gasteiger partial charge in [-0.1, -0.05) is 49.9 Å². The molecule has 2 N–H and O–H groups in total. The number of benzene rings is 2. The lowest BCUT2D eigenvalue weighted by Crippen LogP contribution is -2.16. The zero-order chi connectivity index (χ0) is 23.4. The van der Waals surface area contributed by atoms with E-state index in [0.29, 0.717) is 22.7 Å². The van der Waals surface area contributed by atoms with Crippen LogP contribution in [0.3, 0.4) is 0 Å². The summed E-state index contributed by atoms with van der Waals surface area (Å²) >= 11 is 3.10. The number of nitrogen functional groups attached to an aromatic ring is 1. The van der Waals surface area contributed by atoms with Crippen LogP contribution in [-0.2, 0) is 12.4 Å². The van der Waals surface area contributed by atoms with Gasteiger partial charge in [-0.2, -0.15) is 0 Å². The molecule has 33 heavy (non-hydrogen) atoms. The summed E-state index contributed by atoms with van der Waals surface area (Å²) in [6.45, 7) is 6.60.